The number of anilines is 2. The zero-order valence-corrected chi connectivity index (χ0v) is 25.8. The monoisotopic (exact) mass is 632 g/mol. The summed E-state index contributed by atoms with van der Waals surface area (Å²) in [7, 11) is 1.32. The van der Waals surface area contributed by atoms with E-state index in [1.165, 1.54) is 19.2 Å². The van der Waals surface area contributed by atoms with Gasteiger partial charge in [-0.1, -0.05) is 23.7 Å². The standard InChI is InChI=1S/C34H33ClN2O8/c1-4-44-34-25(6-5-15-38)26(20-7-9-21(10-8-20)33(42)43-3)18-29(45-34)30(39)36-23-12-14-28(19(2)16-23)37-31(40)24-13-11-22(35)17-27(24)32(37)41/h7-14,16-18,25-26,34,38H,4-6,15H2,1-3H3,(H,36,39). The maximum atomic E-state index is 13.5. The van der Waals surface area contributed by atoms with Crippen molar-refractivity contribution in [3.8, 4) is 0 Å². The van der Waals surface area contributed by atoms with E-state index in [2.05, 4.69) is 5.32 Å². The fraction of sp³-hybridized carbons (Fsp3) is 0.294. The minimum Gasteiger partial charge on any atom is -0.465 e. The van der Waals surface area contributed by atoms with Gasteiger partial charge < -0.3 is 24.6 Å². The molecule has 2 aliphatic heterocycles. The van der Waals surface area contributed by atoms with E-state index in [9.17, 15) is 24.3 Å². The van der Waals surface area contributed by atoms with Gasteiger partial charge in [0, 0.05) is 35.8 Å². The van der Waals surface area contributed by atoms with Gasteiger partial charge in [0.05, 0.1) is 29.5 Å². The van der Waals surface area contributed by atoms with Gasteiger partial charge in [-0.15, -0.1) is 0 Å². The molecule has 2 aliphatic rings. The molecule has 0 radical (unpaired) electrons. The third kappa shape index (κ3) is 6.49. The van der Waals surface area contributed by atoms with Crippen LogP contribution in [0.15, 0.2) is 72.5 Å². The van der Waals surface area contributed by atoms with E-state index < -0.39 is 30.0 Å². The van der Waals surface area contributed by atoms with E-state index in [1.807, 2.05) is 6.92 Å². The number of nitrogens with zero attached hydrogens (tertiary/aromatic N) is 1. The van der Waals surface area contributed by atoms with E-state index in [0.717, 1.165) is 10.5 Å². The average Bonchev–Trinajstić information content (AvgIpc) is 3.28. The Kier molecular flexibility index (Phi) is 9.67. The maximum absolute atomic E-state index is 13.5. The summed E-state index contributed by atoms with van der Waals surface area (Å²) in [5.74, 6) is -2.37. The van der Waals surface area contributed by atoms with Crippen LogP contribution in [0.2, 0.25) is 5.02 Å². The van der Waals surface area contributed by atoms with Gasteiger partial charge in [0.1, 0.15) is 0 Å². The van der Waals surface area contributed by atoms with Crippen molar-refractivity contribution >= 4 is 46.7 Å². The van der Waals surface area contributed by atoms with Crippen LogP contribution in [0.1, 0.15) is 67.9 Å². The van der Waals surface area contributed by atoms with Crippen molar-refractivity contribution in [3.05, 3.63) is 105 Å². The number of esters is 1. The SMILES string of the molecule is CCOC1OC(C(=O)Nc2ccc(N3C(=O)c4ccc(Cl)cc4C3=O)c(C)c2)=CC(c2ccc(C(=O)OC)cc2)C1CCCO. The lowest BCUT2D eigenvalue weighted by Gasteiger charge is -2.37. The number of halogens is 1. The van der Waals surface area contributed by atoms with Crippen molar-refractivity contribution in [1.82, 2.24) is 0 Å². The smallest absolute Gasteiger partial charge is 0.337 e. The Morgan fingerprint density at radius 2 is 1.76 bits per heavy atom. The summed E-state index contributed by atoms with van der Waals surface area (Å²) in [5, 5.41) is 12.7. The number of allylic oxidation sites excluding steroid dienone is 1. The molecule has 3 aromatic rings. The van der Waals surface area contributed by atoms with Crippen molar-refractivity contribution in [2.75, 3.05) is 30.5 Å². The summed E-state index contributed by atoms with van der Waals surface area (Å²) in [6.07, 6.45) is 2.05. The number of hydrogen-bond acceptors (Lipinski definition) is 8. The molecule has 0 fully saturated rings. The zero-order chi connectivity index (χ0) is 32.2. The van der Waals surface area contributed by atoms with E-state index in [-0.39, 0.29) is 35.3 Å². The second kappa shape index (κ2) is 13.6. The Bertz CT molecular complexity index is 1670. The minimum atomic E-state index is -0.760. The lowest BCUT2D eigenvalue weighted by molar-refractivity contribution is -0.165. The quantitative estimate of drug-likeness (QED) is 0.217. The fourth-order valence-electron chi connectivity index (χ4n) is 5.71. The van der Waals surface area contributed by atoms with Crippen LogP contribution < -0.4 is 10.2 Å². The molecule has 0 saturated carbocycles. The molecule has 0 aromatic heterocycles. The van der Waals surface area contributed by atoms with Crippen LogP contribution in [0, 0.1) is 12.8 Å². The number of imide groups is 1. The molecule has 234 valence electrons. The second-order valence-electron chi connectivity index (χ2n) is 10.7. The number of benzene rings is 3. The number of carbonyl (C=O) groups is 4. The minimum absolute atomic E-state index is 0.00972. The van der Waals surface area contributed by atoms with Crippen LogP contribution in [0.3, 0.4) is 0 Å². The third-order valence-corrected chi connectivity index (χ3v) is 8.13. The number of rotatable bonds is 10. The maximum Gasteiger partial charge on any atom is 0.337 e. The van der Waals surface area contributed by atoms with E-state index in [1.54, 1.807) is 61.5 Å². The number of aliphatic hydroxyl groups excluding tert-OH is 1. The van der Waals surface area contributed by atoms with Gasteiger partial charge in [-0.25, -0.2) is 9.69 Å². The van der Waals surface area contributed by atoms with Gasteiger partial charge in [0.25, 0.3) is 17.7 Å². The highest BCUT2D eigenvalue weighted by Gasteiger charge is 2.39. The van der Waals surface area contributed by atoms with Gasteiger partial charge in [-0.05, 0) is 92.4 Å². The van der Waals surface area contributed by atoms with Crippen molar-refractivity contribution in [3.63, 3.8) is 0 Å². The summed E-state index contributed by atoms with van der Waals surface area (Å²) in [5.41, 5.74) is 3.16. The van der Waals surface area contributed by atoms with Crippen LogP contribution in [0.25, 0.3) is 0 Å². The Labute approximate surface area is 265 Å². The van der Waals surface area contributed by atoms with Crippen LogP contribution in [0.5, 0.6) is 0 Å². The van der Waals surface area contributed by atoms with Crippen LogP contribution in [-0.2, 0) is 19.0 Å². The molecular weight excluding hydrogens is 600 g/mol. The highest BCUT2D eigenvalue weighted by atomic mass is 35.5. The summed E-state index contributed by atoms with van der Waals surface area (Å²) in [6, 6.07) is 16.4. The Balaban J connectivity index is 1.40. The first-order valence-electron chi connectivity index (χ1n) is 14.6. The number of aryl methyl sites for hydroxylation is 1. The molecule has 11 heteroatoms. The first kappa shape index (κ1) is 31.9. The number of fused-ring (bicyclic) bond motifs is 1. The predicted octanol–water partition coefficient (Wildman–Crippen LogP) is 5.62. The summed E-state index contributed by atoms with van der Waals surface area (Å²) in [4.78, 5) is 52.8. The number of carbonyl (C=O) groups excluding carboxylic acids is 4. The Morgan fingerprint density at radius 1 is 1.02 bits per heavy atom. The van der Waals surface area contributed by atoms with Crippen LogP contribution >= 0.6 is 11.6 Å². The molecule has 2 N–H and O–H groups in total. The molecule has 0 aliphatic carbocycles. The predicted molar refractivity (Wildman–Crippen MR) is 167 cm³/mol. The van der Waals surface area contributed by atoms with Gasteiger partial charge >= 0.3 is 5.97 Å². The topological polar surface area (TPSA) is 131 Å². The average molecular weight is 633 g/mol. The van der Waals surface area contributed by atoms with Gasteiger partial charge in [0.15, 0.2) is 5.76 Å². The van der Waals surface area contributed by atoms with Crippen molar-refractivity contribution in [2.45, 2.75) is 38.9 Å². The number of methoxy groups -OCH3 is 1. The molecule has 5 rings (SSSR count). The van der Waals surface area contributed by atoms with E-state index in [4.69, 9.17) is 25.8 Å². The molecule has 0 spiro atoms. The molecular formula is C34H33ClN2O8. The van der Waals surface area contributed by atoms with Crippen molar-refractivity contribution < 1.29 is 38.5 Å². The van der Waals surface area contributed by atoms with Crippen molar-refractivity contribution in [2.24, 2.45) is 5.92 Å². The van der Waals surface area contributed by atoms with E-state index >= 15 is 0 Å². The van der Waals surface area contributed by atoms with Crippen LogP contribution in [0.4, 0.5) is 11.4 Å². The molecule has 10 nitrogen and oxygen atoms in total. The number of aliphatic hydroxyl groups is 1. The van der Waals surface area contributed by atoms with Crippen LogP contribution in [-0.4, -0.2) is 55.4 Å². The summed E-state index contributed by atoms with van der Waals surface area (Å²) >= 11 is 6.05. The first-order valence-corrected chi connectivity index (χ1v) is 14.9. The molecule has 0 saturated heterocycles. The number of hydrogen-bond donors (Lipinski definition) is 2. The van der Waals surface area contributed by atoms with Crippen molar-refractivity contribution in [1.29, 1.82) is 0 Å². The summed E-state index contributed by atoms with van der Waals surface area (Å²) in [6.45, 7) is 3.90. The lowest BCUT2D eigenvalue weighted by atomic mass is 9.80. The molecule has 3 atom stereocenters. The number of ether oxygens (including phenoxy) is 3. The molecule has 3 amide bonds. The Hall–Kier alpha value is -4.51. The van der Waals surface area contributed by atoms with Gasteiger partial charge in [-0.2, -0.15) is 0 Å². The number of nitrogens with one attached hydrogen (secondary N) is 1. The highest BCUT2D eigenvalue weighted by Crippen LogP contribution is 2.40. The molecule has 45 heavy (non-hydrogen) atoms. The largest absolute Gasteiger partial charge is 0.465 e. The lowest BCUT2D eigenvalue weighted by Crippen LogP contribution is -2.37. The normalized spacial score (nSPS) is 19.1. The second-order valence-corrected chi connectivity index (χ2v) is 11.2. The molecule has 2 heterocycles. The highest BCUT2D eigenvalue weighted by molar-refractivity contribution is 6.37. The molecule has 0 bridgehead atoms. The van der Waals surface area contributed by atoms with E-state index in [0.29, 0.717) is 47.0 Å². The summed E-state index contributed by atoms with van der Waals surface area (Å²) < 4.78 is 16.8. The van der Waals surface area contributed by atoms with Gasteiger partial charge in [0.2, 0.25) is 6.29 Å². The number of amides is 3. The first-order chi connectivity index (χ1) is 21.7. The third-order valence-electron chi connectivity index (χ3n) is 7.90. The van der Waals surface area contributed by atoms with Gasteiger partial charge in [-0.3, -0.25) is 14.4 Å². The zero-order valence-electron chi connectivity index (χ0n) is 25.0. The fourth-order valence-corrected chi connectivity index (χ4v) is 5.88. The molecule has 3 unspecified atom stereocenters. The Morgan fingerprint density at radius 3 is 2.42 bits per heavy atom. The molecule has 3 aromatic carbocycles.